The number of cyclic esters (lactones) is 1. The fraction of sp³-hybridized carbons (Fsp3) is 0.500. The van der Waals surface area contributed by atoms with Gasteiger partial charge < -0.3 is 41.0 Å². The number of hydrogen-bond donors (Lipinski definition) is 6. The van der Waals surface area contributed by atoms with E-state index in [0.29, 0.717) is 42.1 Å². The molecular weight excluding hydrogens is 969 g/mol. The molecule has 2 saturated heterocycles. The summed E-state index contributed by atoms with van der Waals surface area (Å²) < 4.78 is 13.5. The maximum absolute atomic E-state index is 15.3. The van der Waals surface area contributed by atoms with Gasteiger partial charge in [-0.25, -0.2) is 9.59 Å². The number of fused-ring (bicyclic) bond motifs is 5. The van der Waals surface area contributed by atoms with E-state index < -0.39 is 5.41 Å². The molecule has 0 aromatic heterocycles. The van der Waals surface area contributed by atoms with Gasteiger partial charge in [0.15, 0.2) is 0 Å². The molecule has 0 amide bonds. The molecule has 78 heavy (non-hydrogen) atoms. The number of aromatic hydroxyl groups is 1. The Labute approximate surface area is 462 Å². The Hall–Kier alpha value is -5.62. The van der Waals surface area contributed by atoms with E-state index >= 15 is 9.59 Å². The van der Waals surface area contributed by atoms with E-state index in [1.807, 2.05) is 18.2 Å². The molecule has 4 aromatic rings. The lowest BCUT2D eigenvalue weighted by molar-refractivity contribution is -0.135. The molecule has 5 aliphatic carbocycles. The van der Waals surface area contributed by atoms with Gasteiger partial charge in [0.05, 0.1) is 17.2 Å². The van der Waals surface area contributed by atoms with Crippen molar-refractivity contribution < 1.29 is 29.3 Å². The average molecular weight is 1050 g/mol. The van der Waals surface area contributed by atoms with Crippen LogP contribution < -0.4 is 21.3 Å². The molecule has 14 rings (SSSR count). The Bertz CT molecular complexity index is 3030. The van der Waals surface area contributed by atoms with Crippen LogP contribution in [0.4, 0.5) is 0 Å². The zero-order chi connectivity index (χ0) is 53.5. The Balaban J connectivity index is 1.02. The third-order valence-corrected chi connectivity index (χ3v) is 20.4. The van der Waals surface area contributed by atoms with Crippen LogP contribution in [0, 0.1) is 58.2 Å². The van der Waals surface area contributed by atoms with Gasteiger partial charge in [0, 0.05) is 36.8 Å². The first-order valence-corrected chi connectivity index (χ1v) is 29.9. The first kappa shape index (κ1) is 53.0. The van der Waals surface area contributed by atoms with E-state index in [1.165, 1.54) is 16.7 Å². The summed E-state index contributed by atoms with van der Waals surface area (Å²) in [5, 5.41) is 37.0. The van der Waals surface area contributed by atoms with Crippen LogP contribution in [-0.4, -0.2) is 68.2 Å². The van der Waals surface area contributed by atoms with Crippen molar-refractivity contribution in [2.75, 3.05) is 39.8 Å². The van der Waals surface area contributed by atoms with Gasteiger partial charge in [-0.1, -0.05) is 92.7 Å². The number of aliphatic hydroxyl groups excluding tert-OH is 1. The number of carbonyl (C=O) groups excluding carboxylic acids is 2. The molecule has 14 bridgehead atoms. The normalized spacial score (nSPS) is 30.8. The summed E-state index contributed by atoms with van der Waals surface area (Å²) in [6.45, 7) is 8.68. The predicted molar refractivity (Wildman–Crippen MR) is 307 cm³/mol. The molecule has 4 fully saturated rings. The first-order valence-electron chi connectivity index (χ1n) is 29.9. The quantitative estimate of drug-likeness (QED) is 0.0760. The fourth-order valence-corrected chi connectivity index (χ4v) is 16.8. The topological polar surface area (TPSA) is 141 Å². The second-order valence-electron chi connectivity index (χ2n) is 24.7. The molecule has 4 aromatic carbocycles. The monoisotopic (exact) mass is 1050 g/mol. The number of allylic oxidation sites excluding steroid dienone is 5. The zero-order valence-electron chi connectivity index (χ0n) is 46.3. The van der Waals surface area contributed by atoms with Gasteiger partial charge in [0.2, 0.25) is 0 Å². The maximum atomic E-state index is 15.3. The molecule has 5 aliphatic heterocycles. The number of piperidine rings is 1. The van der Waals surface area contributed by atoms with E-state index in [-0.39, 0.29) is 65.5 Å². The SMILES string of the molecule is CCNC[C@H](CO)C[C@@H]1C[C@@]2([C@@H]3CCN[C@@H](NC)C3)CC=C3OC(=O)C4=C3CC[C@H]3[C@H]5CC[C@]6(C(=C5c5cc(O)ccc5-c5cccc(c5)CNCCc5cccc(c5)C[C@@H]1C2)C(=O)O/C6=C\[C@H](CC)Cc1ccccc1)[C@@H]43. The Morgan fingerprint density at radius 1 is 0.846 bits per heavy atom. The van der Waals surface area contributed by atoms with Crippen LogP contribution in [0.2, 0.25) is 0 Å². The number of ether oxygens (including phenoxy) is 2. The summed E-state index contributed by atoms with van der Waals surface area (Å²) in [6, 6.07) is 34.2. The summed E-state index contributed by atoms with van der Waals surface area (Å²) in [7, 11) is 2.07. The summed E-state index contributed by atoms with van der Waals surface area (Å²) in [5.41, 5.74) is 10.5. The number of esters is 2. The number of rotatable bonds is 12. The Kier molecular flexibility index (Phi) is 15.3. The minimum atomic E-state index is -0.886. The number of phenols is 1. The van der Waals surface area contributed by atoms with Crippen molar-refractivity contribution in [2.24, 2.45) is 58.2 Å². The van der Waals surface area contributed by atoms with Crippen molar-refractivity contribution in [2.45, 2.75) is 116 Å². The van der Waals surface area contributed by atoms with Crippen LogP contribution in [-0.2, 0) is 44.9 Å². The Morgan fingerprint density at radius 3 is 2.53 bits per heavy atom. The molecule has 5 heterocycles. The zero-order valence-corrected chi connectivity index (χ0v) is 46.3. The lowest BCUT2D eigenvalue weighted by atomic mass is 9.44. The Morgan fingerprint density at radius 2 is 1.69 bits per heavy atom. The van der Waals surface area contributed by atoms with Gasteiger partial charge >= 0.3 is 11.9 Å². The van der Waals surface area contributed by atoms with Crippen LogP contribution in [0.25, 0.3) is 16.7 Å². The molecule has 11 atom stereocenters. The largest absolute Gasteiger partial charge is 0.508 e. The van der Waals surface area contributed by atoms with E-state index in [9.17, 15) is 10.2 Å². The number of benzene rings is 4. The highest BCUT2D eigenvalue weighted by Gasteiger charge is 2.69. The molecule has 10 nitrogen and oxygen atoms in total. The lowest BCUT2D eigenvalue weighted by Gasteiger charge is -2.56. The van der Waals surface area contributed by atoms with Crippen molar-refractivity contribution in [3.8, 4) is 16.9 Å². The minimum Gasteiger partial charge on any atom is -0.508 e. The van der Waals surface area contributed by atoms with E-state index in [4.69, 9.17) is 9.47 Å². The molecule has 6 N–H and O–H groups in total. The van der Waals surface area contributed by atoms with Crippen LogP contribution in [0.1, 0.15) is 112 Å². The third-order valence-electron chi connectivity index (χ3n) is 20.4. The van der Waals surface area contributed by atoms with Crippen molar-refractivity contribution >= 4 is 17.5 Å². The van der Waals surface area contributed by atoms with Crippen LogP contribution in [0.15, 0.2) is 137 Å². The fourth-order valence-electron chi connectivity index (χ4n) is 16.8. The second kappa shape index (κ2) is 22.5. The molecule has 10 aliphatic rings. The molecule has 0 radical (unpaired) electrons. The van der Waals surface area contributed by atoms with Crippen molar-refractivity contribution in [3.63, 3.8) is 0 Å². The highest BCUT2D eigenvalue weighted by atomic mass is 16.6. The molecular formula is C68H82N4O6. The van der Waals surface area contributed by atoms with Gasteiger partial charge in [-0.05, 0) is 238 Å². The number of aliphatic hydroxyl groups is 1. The van der Waals surface area contributed by atoms with Crippen LogP contribution >= 0.6 is 0 Å². The van der Waals surface area contributed by atoms with Crippen LogP contribution in [0.3, 0.4) is 0 Å². The van der Waals surface area contributed by atoms with Gasteiger partial charge in [-0.3, -0.25) is 0 Å². The highest BCUT2D eigenvalue weighted by molar-refractivity contribution is 6.07. The van der Waals surface area contributed by atoms with Crippen molar-refractivity contribution in [3.05, 3.63) is 165 Å². The van der Waals surface area contributed by atoms with Gasteiger partial charge in [-0.15, -0.1) is 0 Å². The second-order valence-corrected chi connectivity index (χ2v) is 24.7. The molecule has 410 valence electrons. The van der Waals surface area contributed by atoms with Gasteiger partial charge in [0.1, 0.15) is 17.3 Å². The number of hydrogen-bond acceptors (Lipinski definition) is 10. The number of carbonyl (C=O) groups is 2. The summed E-state index contributed by atoms with van der Waals surface area (Å²) in [5.74, 6) is 2.23. The maximum Gasteiger partial charge on any atom is 0.340 e. The number of nitrogens with one attached hydrogen (secondary N) is 4. The first-order chi connectivity index (χ1) is 38.1. The van der Waals surface area contributed by atoms with E-state index in [2.05, 4.69) is 127 Å². The van der Waals surface area contributed by atoms with Crippen LogP contribution in [0.5, 0.6) is 5.75 Å². The lowest BCUT2D eigenvalue weighted by Crippen LogP contribution is -2.52. The van der Waals surface area contributed by atoms with Crippen molar-refractivity contribution in [1.82, 2.24) is 21.3 Å². The summed E-state index contributed by atoms with van der Waals surface area (Å²) in [6.07, 6.45) is 17.5. The van der Waals surface area contributed by atoms with Gasteiger partial charge in [0.25, 0.3) is 0 Å². The summed E-state index contributed by atoms with van der Waals surface area (Å²) in [4.78, 5) is 30.5. The summed E-state index contributed by atoms with van der Waals surface area (Å²) >= 11 is 0. The number of phenolic OH excluding ortho intramolecular Hbond substituents is 1. The van der Waals surface area contributed by atoms with E-state index in [0.717, 1.165) is 154 Å². The smallest absolute Gasteiger partial charge is 0.340 e. The molecule has 1 spiro atoms. The van der Waals surface area contributed by atoms with Gasteiger partial charge in [-0.2, -0.15) is 0 Å². The minimum absolute atomic E-state index is 0.0383. The van der Waals surface area contributed by atoms with E-state index in [1.54, 1.807) is 6.07 Å². The standard InChI is InChI=1S/C68H82N4O6/c1-4-42(29-43-11-7-6-8-12-43)34-59-68-26-21-54-55-19-20-56-58(77-65(75)62(56)63(55)68)22-25-67(51-24-28-72-60(35-51)69-3)37-49(50(38-67)33-47(41-73)40-70-5-2)31-45-14-9-13-44(30-45)23-27-71-39-46-15-10-16-48(32-46)53-18-17-52(74)36-57(53)61(54)64(68)66(76)78-59/h6-18,22,30,32,34,36,42,47,49-51,54-55,60,63,69-74H,4-5,19-21,23-29,31,33,35,37-41H2,1-3H3/b58-22?,59-34-/t42-,47-,49-,50-,51-,54-,55+,60-,63-,67-,68-/m1/s1. The third kappa shape index (κ3) is 9.86. The predicted octanol–water partition coefficient (Wildman–Crippen LogP) is 11.1. The highest BCUT2D eigenvalue weighted by Crippen LogP contribution is 2.72. The average Bonchev–Trinajstić information content (AvgIpc) is 3.97. The molecule has 2 saturated carbocycles. The molecule has 10 heteroatoms. The molecule has 0 unspecified atom stereocenters. The van der Waals surface area contributed by atoms with Crippen molar-refractivity contribution in [1.29, 1.82) is 0 Å².